The molecule has 0 aliphatic carbocycles. The van der Waals surface area contributed by atoms with Crippen molar-refractivity contribution in [2.45, 2.75) is 13.3 Å². The number of hydrazine groups is 1. The van der Waals surface area contributed by atoms with Crippen LogP contribution in [0.3, 0.4) is 0 Å². The quantitative estimate of drug-likeness (QED) is 0.496. The average molecular weight is 271 g/mol. The van der Waals surface area contributed by atoms with Crippen LogP contribution in [0.5, 0.6) is 5.75 Å². The van der Waals surface area contributed by atoms with Gasteiger partial charge in [-0.2, -0.15) is 0 Å². The second-order valence-corrected chi connectivity index (χ2v) is 4.25. The van der Waals surface area contributed by atoms with E-state index in [9.17, 15) is 4.79 Å². The van der Waals surface area contributed by atoms with E-state index in [-0.39, 0.29) is 5.69 Å². The molecule has 0 fully saturated rings. The standard InChI is InChI=1S/C15H17N3O2/c1-2-10-20-12-8-6-11(7-9-12)13-4-3-5-14(17-13)15(19)18-16/h3-9H,2,10,16H2,1H3,(H,18,19). The van der Waals surface area contributed by atoms with Crippen LogP contribution in [-0.4, -0.2) is 17.5 Å². The number of nitrogens with zero attached hydrogens (tertiary/aromatic N) is 1. The summed E-state index contributed by atoms with van der Waals surface area (Å²) in [6, 6.07) is 12.8. The number of rotatable bonds is 5. The summed E-state index contributed by atoms with van der Waals surface area (Å²) in [7, 11) is 0. The lowest BCUT2D eigenvalue weighted by molar-refractivity contribution is 0.0949. The van der Waals surface area contributed by atoms with E-state index in [0.29, 0.717) is 12.3 Å². The van der Waals surface area contributed by atoms with Gasteiger partial charge in [0.2, 0.25) is 0 Å². The molecule has 0 saturated heterocycles. The lowest BCUT2D eigenvalue weighted by Gasteiger charge is -2.06. The van der Waals surface area contributed by atoms with E-state index in [2.05, 4.69) is 17.3 Å². The van der Waals surface area contributed by atoms with E-state index >= 15 is 0 Å². The Kier molecular flexibility index (Phi) is 4.68. The molecule has 0 bridgehead atoms. The molecular formula is C15H17N3O2. The Labute approximate surface area is 117 Å². The lowest BCUT2D eigenvalue weighted by Crippen LogP contribution is -2.30. The van der Waals surface area contributed by atoms with E-state index in [0.717, 1.165) is 17.7 Å². The molecule has 104 valence electrons. The molecule has 0 spiro atoms. The molecular weight excluding hydrogens is 254 g/mol. The van der Waals surface area contributed by atoms with Crippen LogP contribution < -0.4 is 16.0 Å². The maximum absolute atomic E-state index is 11.5. The van der Waals surface area contributed by atoms with Crippen molar-refractivity contribution >= 4 is 5.91 Å². The molecule has 0 aliphatic rings. The molecule has 0 radical (unpaired) electrons. The highest BCUT2D eigenvalue weighted by Gasteiger charge is 2.07. The summed E-state index contributed by atoms with van der Waals surface area (Å²) in [6.45, 7) is 2.76. The third-order valence-electron chi connectivity index (χ3n) is 2.74. The number of pyridine rings is 1. The van der Waals surface area contributed by atoms with Gasteiger partial charge in [0, 0.05) is 5.56 Å². The van der Waals surface area contributed by atoms with Crippen molar-refractivity contribution in [2.75, 3.05) is 6.61 Å². The van der Waals surface area contributed by atoms with Gasteiger partial charge in [-0.1, -0.05) is 13.0 Å². The van der Waals surface area contributed by atoms with Gasteiger partial charge in [-0.05, 0) is 42.8 Å². The van der Waals surface area contributed by atoms with Gasteiger partial charge in [0.15, 0.2) is 0 Å². The molecule has 20 heavy (non-hydrogen) atoms. The number of benzene rings is 1. The number of nitrogens with one attached hydrogen (secondary N) is 1. The maximum atomic E-state index is 11.5. The summed E-state index contributed by atoms with van der Waals surface area (Å²) >= 11 is 0. The first-order valence-electron chi connectivity index (χ1n) is 6.46. The Morgan fingerprint density at radius 2 is 2.00 bits per heavy atom. The van der Waals surface area contributed by atoms with Gasteiger partial charge in [0.25, 0.3) is 5.91 Å². The van der Waals surface area contributed by atoms with Crippen molar-refractivity contribution < 1.29 is 9.53 Å². The van der Waals surface area contributed by atoms with Crippen molar-refractivity contribution in [1.29, 1.82) is 0 Å². The third-order valence-corrected chi connectivity index (χ3v) is 2.74. The number of amides is 1. The van der Waals surface area contributed by atoms with Gasteiger partial charge in [0.1, 0.15) is 11.4 Å². The zero-order valence-corrected chi connectivity index (χ0v) is 11.3. The van der Waals surface area contributed by atoms with Gasteiger partial charge >= 0.3 is 0 Å². The van der Waals surface area contributed by atoms with Crippen molar-refractivity contribution in [3.8, 4) is 17.0 Å². The topological polar surface area (TPSA) is 77.2 Å². The van der Waals surface area contributed by atoms with E-state index in [1.807, 2.05) is 30.3 Å². The predicted molar refractivity (Wildman–Crippen MR) is 77.1 cm³/mol. The minimum atomic E-state index is -0.408. The highest BCUT2D eigenvalue weighted by molar-refractivity contribution is 5.92. The first-order valence-corrected chi connectivity index (χ1v) is 6.46. The summed E-state index contributed by atoms with van der Waals surface area (Å²) in [4.78, 5) is 15.7. The molecule has 2 aromatic rings. The molecule has 1 aromatic heterocycles. The minimum absolute atomic E-state index is 0.288. The van der Waals surface area contributed by atoms with Crippen molar-refractivity contribution in [2.24, 2.45) is 5.84 Å². The van der Waals surface area contributed by atoms with Gasteiger partial charge < -0.3 is 4.74 Å². The zero-order chi connectivity index (χ0) is 14.4. The number of nitrogens with two attached hydrogens (primary N) is 1. The van der Waals surface area contributed by atoms with E-state index in [4.69, 9.17) is 10.6 Å². The molecule has 1 aromatic carbocycles. The molecule has 0 saturated carbocycles. The summed E-state index contributed by atoms with van der Waals surface area (Å²) < 4.78 is 5.52. The fourth-order valence-corrected chi connectivity index (χ4v) is 1.74. The van der Waals surface area contributed by atoms with Crippen LogP contribution in [0.4, 0.5) is 0 Å². The number of ether oxygens (including phenoxy) is 1. The molecule has 1 amide bonds. The van der Waals surface area contributed by atoms with Gasteiger partial charge in [-0.3, -0.25) is 10.2 Å². The van der Waals surface area contributed by atoms with Crippen LogP contribution >= 0.6 is 0 Å². The highest BCUT2D eigenvalue weighted by atomic mass is 16.5. The van der Waals surface area contributed by atoms with Crippen LogP contribution in [0.25, 0.3) is 11.3 Å². The normalized spacial score (nSPS) is 10.1. The Balaban J connectivity index is 2.21. The molecule has 0 unspecified atom stereocenters. The predicted octanol–water partition coefficient (Wildman–Crippen LogP) is 2.14. The number of hydrogen-bond donors (Lipinski definition) is 2. The van der Waals surface area contributed by atoms with Crippen molar-refractivity contribution in [3.05, 3.63) is 48.2 Å². The molecule has 0 aliphatic heterocycles. The number of hydrogen-bond acceptors (Lipinski definition) is 4. The largest absolute Gasteiger partial charge is 0.494 e. The van der Waals surface area contributed by atoms with Crippen LogP contribution in [0.1, 0.15) is 23.8 Å². The second kappa shape index (κ2) is 6.68. The third kappa shape index (κ3) is 3.33. The average Bonchev–Trinajstić information content (AvgIpc) is 2.52. The Bertz CT molecular complexity index is 582. The molecule has 0 atom stereocenters. The van der Waals surface area contributed by atoms with Crippen LogP contribution in [0.2, 0.25) is 0 Å². The lowest BCUT2D eigenvalue weighted by atomic mass is 10.1. The summed E-state index contributed by atoms with van der Waals surface area (Å²) in [5.41, 5.74) is 3.99. The fourth-order valence-electron chi connectivity index (χ4n) is 1.74. The number of carbonyl (C=O) groups excluding carboxylic acids is 1. The second-order valence-electron chi connectivity index (χ2n) is 4.25. The first-order chi connectivity index (χ1) is 9.74. The van der Waals surface area contributed by atoms with Gasteiger partial charge in [0.05, 0.1) is 12.3 Å². The van der Waals surface area contributed by atoms with Gasteiger partial charge in [-0.15, -0.1) is 0 Å². The summed E-state index contributed by atoms with van der Waals surface area (Å²) in [6.07, 6.45) is 0.972. The minimum Gasteiger partial charge on any atom is -0.494 e. The smallest absolute Gasteiger partial charge is 0.283 e. The SMILES string of the molecule is CCCOc1ccc(-c2cccc(C(=O)NN)n2)cc1. The zero-order valence-electron chi connectivity index (χ0n) is 11.3. The maximum Gasteiger partial charge on any atom is 0.283 e. The van der Waals surface area contributed by atoms with Crippen molar-refractivity contribution in [1.82, 2.24) is 10.4 Å². The molecule has 5 heteroatoms. The van der Waals surface area contributed by atoms with Crippen LogP contribution in [0, 0.1) is 0 Å². The van der Waals surface area contributed by atoms with Crippen LogP contribution in [-0.2, 0) is 0 Å². The molecule has 2 rings (SSSR count). The van der Waals surface area contributed by atoms with Crippen molar-refractivity contribution in [3.63, 3.8) is 0 Å². The highest BCUT2D eigenvalue weighted by Crippen LogP contribution is 2.21. The Hall–Kier alpha value is -2.40. The first kappa shape index (κ1) is 14.0. The van der Waals surface area contributed by atoms with E-state index in [1.165, 1.54) is 0 Å². The fraction of sp³-hybridized carbons (Fsp3) is 0.200. The Morgan fingerprint density at radius 3 is 2.65 bits per heavy atom. The van der Waals surface area contributed by atoms with Gasteiger partial charge in [-0.25, -0.2) is 10.8 Å². The number of carbonyl (C=O) groups is 1. The number of nitrogen functional groups attached to an aromatic ring is 1. The van der Waals surface area contributed by atoms with E-state index < -0.39 is 5.91 Å². The molecule has 3 N–H and O–H groups in total. The molecule has 5 nitrogen and oxygen atoms in total. The Morgan fingerprint density at radius 1 is 1.25 bits per heavy atom. The molecule has 1 heterocycles. The summed E-state index contributed by atoms with van der Waals surface area (Å²) in [5, 5.41) is 0. The van der Waals surface area contributed by atoms with Crippen LogP contribution in [0.15, 0.2) is 42.5 Å². The summed E-state index contributed by atoms with van der Waals surface area (Å²) in [5.74, 6) is 5.52. The number of aromatic nitrogens is 1. The monoisotopic (exact) mass is 271 g/mol. The van der Waals surface area contributed by atoms with E-state index in [1.54, 1.807) is 12.1 Å².